The lowest BCUT2D eigenvalue weighted by Crippen LogP contribution is -2.06. The van der Waals surface area contributed by atoms with E-state index in [9.17, 15) is 20.0 Å². The van der Waals surface area contributed by atoms with Gasteiger partial charge < -0.3 is 9.84 Å². The molecule has 0 atom stereocenters. The number of carbonyl (C=O) groups excluding carboxylic acids is 1. The minimum Gasteiger partial charge on any atom is -0.508 e. The Bertz CT molecular complexity index is 547. The number of esters is 1. The SMILES string of the molecule is O=C(CCc1cc([N+](=O)[O-])ccc1O)OCC#CI. The van der Waals surface area contributed by atoms with Crippen LogP contribution in [0.2, 0.25) is 0 Å². The maximum absolute atomic E-state index is 11.3. The first-order chi connectivity index (χ1) is 9.04. The molecule has 1 rings (SSSR count). The number of carbonyl (C=O) groups is 1. The van der Waals surface area contributed by atoms with Crippen molar-refractivity contribution in [1.29, 1.82) is 0 Å². The lowest BCUT2D eigenvalue weighted by Gasteiger charge is -2.04. The van der Waals surface area contributed by atoms with Crippen LogP contribution in [-0.4, -0.2) is 22.6 Å². The number of benzene rings is 1. The highest BCUT2D eigenvalue weighted by Gasteiger charge is 2.12. The Morgan fingerprint density at radius 3 is 2.89 bits per heavy atom. The molecule has 7 heteroatoms. The highest BCUT2D eigenvalue weighted by molar-refractivity contribution is 14.1. The molecule has 0 bridgehead atoms. The topological polar surface area (TPSA) is 89.7 Å². The molecule has 1 aromatic carbocycles. The molecule has 100 valence electrons. The summed E-state index contributed by atoms with van der Waals surface area (Å²) in [5.74, 6) is 2.02. The van der Waals surface area contributed by atoms with Gasteiger partial charge in [-0.05, 0) is 16.4 Å². The van der Waals surface area contributed by atoms with Gasteiger partial charge in [0.2, 0.25) is 0 Å². The van der Waals surface area contributed by atoms with Crippen molar-refractivity contribution in [2.75, 3.05) is 6.61 Å². The summed E-state index contributed by atoms with van der Waals surface area (Å²) in [6, 6.07) is 3.68. The quantitative estimate of drug-likeness (QED) is 0.280. The number of phenols is 1. The predicted molar refractivity (Wildman–Crippen MR) is 75.8 cm³/mol. The predicted octanol–water partition coefficient (Wildman–Crippen LogP) is 2.17. The van der Waals surface area contributed by atoms with Gasteiger partial charge in [0.1, 0.15) is 5.75 Å². The number of hydrogen-bond acceptors (Lipinski definition) is 5. The van der Waals surface area contributed by atoms with E-state index in [1.54, 1.807) is 0 Å². The van der Waals surface area contributed by atoms with Crippen molar-refractivity contribution in [3.8, 4) is 15.6 Å². The number of ether oxygens (including phenoxy) is 1. The summed E-state index contributed by atoms with van der Waals surface area (Å²) in [6.07, 6.45) is 0.196. The van der Waals surface area contributed by atoms with Crippen molar-refractivity contribution >= 4 is 34.2 Å². The van der Waals surface area contributed by atoms with Gasteiger partial charge in [0.15, 0.2) is 6.61 Å². The lowest BCUT2D eigenvalue weighted by atomic mass is 10.1. The Hall–Kier alpha value is -1.82. The molecule has 0 aromatic heterocycles. The van der Waals surface area contributed by atoms with Crippen LogP contribution in [-0.2, 0) is 16.0 Å². The van der Waals surface area contributed by atoms with Gasteiger partial charge >= 0.3 is 5.97 Å². The van der Waals surface area contributed by atoms with Gasteiger partial charge in [-0.25, -0.2) is 0 Å². The first-order valence-corrected chi connectivity index (χ1v) is 6.33. The number of hydrogen-bond donors (Lipinski definition) is 1. The van der Waals surface area contributed by atoms with Crippen molar-refractivity contribution in [2.24, 2.45) is 0 Å². The second-order valence-corrected chi connectivity index (χ2v) is 4.04. The van der Waals surface area contributed by atoms with Crippen LogP contribution in [0.25, 0.3) is 0 Å². The fourth-order valence-electron chi connectivity index (χ4n) is 1.34. The van der Waals surface area contributed by atoms with E-state index in [1.807, 2.05) is 22.6 Å². The van der Waals surface area contributed by atoms with Crippen LogP contribution in [0.3, 0.4) is 0 Å². The molecular weight excluding hydrogens is 365 g/mol. The number of non-ortho nitro benzene ring substituents is 1. The summed E-state index contributed by atoms with van der Waals surface area (Å²) in [6.45, 7) is 0.0166. The molecule has 0 fully saturated rings. The van der Waals surface area contributed by atoms with E-state index in [2.05, 4.69) is 9.85 Å². The molecule has 0 unspecified atom stereocenters. The van der Waals surface area contributed by atoms with Gasteiger partial charge in [0.05, 0.1) is 4.92 Å². The fourth-order valence-corrected chi connectivity index (χ4v) is 1.49. The molecule has 0 aliphatic heterocycles. The van der Waals surface area contributed by atoms with Gasteiger partial charge in [-0.3, -0.25) is 14.9 Å². The Morgan fingerprint density at radius 2 is 2.26 bits per heavy atom. The Balaban J connectivity index is 2.61. The number of phenolic OH excluding ortho intramolecular Hbond substituents is 1. The average molecular weight is 375 g/mol. The average Bonchev–Trinajstić information content (AvgIpc) is 2.37. The second-order valence-electron chi connectivity index (χ2n) is 3.50. The molecule has 0 radical (unpaired) electrons. The number of rotatable bonds is 5. The van der Waals surface area contributed by atoms with Crippen LogP contribution in [0, 0.1) is 20.0 Å². The number of aromatic hydroxyl groups is 1. The standard InChI is InChI=1S/C12H10INO5/c13-6-1-7-19-12(16)5-2-9-8-10(14(17)18)3-4-11(9)15/h3-4,8,15H,2,5,7H2. The minimum absolute atomic E-state index is 0.0166. The molecule has 0 saturated carbocycles. The summed E-state index contributed by atoms with van der Waals surface area (Å²) in [5, 5.41) is 20.1. The van der Waals surface area contributed by atoms with E-state index in [-0.39, 0.29) is 30.9 Å². The summed E-state index contributed by atoms with van der Waals surface area (Å²) in [7, 11) is 0. The normalized spacial score (nSPS) is 9.32. The molecule has 1 N–H and O–H groups in total. The van der Waals surface area contributed by atoms with Crippen LogP contribution in [0.1, 0.15) is 12.0 Å². The minimum atomic E-state index is -0.558. The molecule has 0 saturated heterocycles. The Morgan fingerprint density at radius 1 is 1.53 bits per heavy atom. The first-order valence-electron chi connectivity index (χ1n) is 5.25. The van der Waals surface area contributed by atoms with Crippen LogP contribution in [0.5, 0.6) is 5.75 Å². The number of nitrogens with zero attached hydrogens (tertiary/aromatic N) is 1. The van der Waals surface area contributed by atoms with Crippen LogP contribution in [0.4, 0.5) is 5.69 Å². The molecule has 0 amide bonds. The van der Waals surface area contributed by atoms with Crippen molar-refractivity contribution in [3.63, 3.8) is 0 Å². The van der Waals surface area contributed by atoms with E-state index >= 15 is 0 Å². The third-order valence-corrected chi connectivity index (χ3v) is 2.63. The highest BCUT2D eigenvalue weighted by atomic mass is 127. The maximum atomic E-state index is 11.3. The number of nitro groups is 1. The van der Waals surface area contributed by atoms with Crippen molar-refractivity contribution < 1.29 is 19.6 Å². The highest BCUT2D eigenvalue weighted by Crippen LogP contribution is 2.24. The van der Waals surface area contributed by atoms with E-state index in [1.165, 1.54) is 18.2 Å². The molecule has 0 aliphatic rings. The Kier molecular flexibility index (Phi) is 6.08. The van der Waals surface area contributed by atoms with Gasteiger partial charge in [0.25, 0.3) is 5.69 Å². The van der Waals surface area contributed by atoms with E-state index in [4.69, 9.17) is 4.74 Å². The third-order valence-electron chi connectivity index (χ3n) is 2.24. The van der Waals surface area contributed by atoms with Gasteiger partial charge in [-0.1, -0.05) is 5.92 Å². The first kappa shape index (κ1) is 15.2. The van der Waals surface area contributed by atoms with Crippen LogP contribution in [0.15, 0.2) is 18.2 Å². The molecule has 6 nitrogen and oxygen atoms in total. The zero-order valence-electron chi connectivity index (χ0n) is 9.76. The smallest absolute Gasteiger partial charge is 0.307 e. The molecule has 0 heterocycles. The number of halogens is 1. The van der Waals surface area contributed by atoms with E-state index in [0.717, 1.165) is 0 Å². The van der Waals surface area contributed by atoms with Crippen molar-refractivity contribution in [1.82, 2.24) is 0 Å². The Labute approximate surface area is 123 Å². The van der Waals surface area contributed by atoms with E-state index in [0.29, 0.717) is 5.56 Å². The van der Waals surface area contributed by atoms with Crippen LogP contribution >= 0.6 is 22.6 Å². The van der Waals surface area contributed by atoms with E-state index < -0.39 is 10.9 Å². The number of nitro benzene ring substituents is 1. The molecule has 0 spiro atoms. The van der Waals surface area contributed by atoms with Gasteiger partial charge in [-0.2, -0.15) is 0 Å². The van der Waals surface area contributed by atoms with Crippen molar-refractivity contribution in [2.45, 2.75) is 12.8 Å². The monoisotopic (exact) mass is 375 g/mol. The summed E-state index contributed by atoms with van der Waals surface area (Å²) in [4.78, 5) is 21.3. The number of aryl methyl sites for hydroxylation is 1. The molecule has 0 aliphatic carbocycles. The lowest BCUT2D eigenvalue weighted by molar-refractivity contribution is -0.384. The zero-order valence-corrected chi connectivity index (χ0v) is 11.9. The maximum Gasteiger partial charge on any atom is 0.307 e. The molecule has 19 heavy (non-hydrogen) atoms. The van der Waals surface area contributed by atoms with Gasteiger partial charge in [0, 0.05) is 46.7 Å². The van der Waals surface area contributed by atoms with Crippen molar-refractivity contribution in [3.05, 3.63) is 33.9 Å². The van der Waals surface area contributed by atoms with Gasteiger partial charge in [-0.15, -0.1) is 0 Å². The molecule has 1 aromatic rings. The fraction of sp³-hybridized carbons (Fsp3) is 0.250. The van der Waals surface area contributed by atoms with Crippen LogP contribution < -0.4 is 0 Å². The zero-order chi connectivity index (χ0) is 14.3. The summed E-state index contributed by atoms with van der Waals surface area (Å²) in [5.41, 5.74) is 0.211. The largest absolute Gasteiger partial charge is 0.508 e. The third kappa shape index (κ3) is 5.13. The summed E-state index contributed by atoms with van der Waals surface area (Å²) >= 11 is 1.83. The molecular formula is C12H10INO5. The summed E-state index contributed by atoms with van der Waals surface area (Å²) < 4.78 is 7.34. The second kappa shape index (κ2) is 7.58.